The van der Waals surface area contributed by atoms with Gasteiger partial charge in [0.25, 0.3) is 0 Å². The summed E-state index contributed by atoms with van der Waals surface area (Å²) in [7, 11) is -3.82. The molecular weight excluding hydrogens is 537 g/mol. The summed E-state index contributed by atoms with van der Waals surface area (Å²) in [6.07, 6.45) is 4.93. The van der Waals surface area contributed by atoms with Crippen molar-refractivity contribution in [2.75, 3.05) is 23.7 Å². The van der Waals surface area contributed by atoms with Gasteiger partial charge < -0.3 is 15.0 Å². The molecule has 0 saturated heterocycles. The quantitative estimate of drug-likeness (QED) is 0.425. The van der Waals surface area contributed by atoms with Gasteiger partial charge in [0.15, 0.2) is 0 Å². The van der Waals surface area contributed by atoms with Crippen molar-refractivity contribution in [3.8, 4) is 5.75 Å². The molecule has 8 nitrogen and oxygen atoms in total. The second-order valence-corrected chi connectivity index (χ2v) is 11.9. The summed E-state index contributed by atoms with van der Waals surface area (Å²) in [5.74, 6) is -0.251. The predicted molar refractivity (Wildman–Crippen MR) is 147 cm³/mol. The molecule has 0 spiro atoms. The van der Waals surface area contributed by atoms with E-state index in [9.17, 15) is 18.0 Å². The number of rotatable bonds is 11. The number of nitrogens with one attached hydrogen (secondary N) is 1. The summed E-state index contributed by atoms with van der Waals surface area (Å²) in [5.41, 5.74) is 0.902. The van der Waals surface area contributed by atoms with E-state index in [1.807, 2.05) is 6.92 Å². The Labute approximate surface area is 228 Å². The fraction of sp³-hybridized carbons (Fsp3) is 0.462. The molecule has 202 valence electrons. The first-order valence-electron chi connectivity index (χ1n) is 12.2. The van der Waals surface area contributed by atoms with Crippen LogP contribution in [0.5, 0.6) is 5.75 Å². The fourth-order valence-corrected chi connectivity index (χ4v) is 5.61. The van der Waals surface area contributed by atoms with Crippen LogP contribution in [0.3, 0.4) is 0 Å². The van der Waals surface area contributed by atoms with Crippen LogP contribution in [0.1, 0.15) is 45.1 Å². The van der Waals surface area contributed by atoms with Gasteiger partial charge >= 0.3 is 0 Å². The third-order valence-electron chi connectivity index (χ3n) is 6.34. The van der Waals surface area contributed by atoms with E-state index in [0.29, 0.717) is 33.7 Å². The number of ether oxygens (including phenoxy) is 1. The molecule has 1 atom stereocenters. The van der Waals surface area contributed by atoms with Crippen molar-refractivity contribution in [3.63, 3.8) is 0 Å². The van der Waals surface area contributed by atoms with Gasteiger partial charge in [-0.3, -0.25) is 13.9 Å². The van der Waals surface area contributed by atoms with Gasteiger partial charge in [-0.25, -0.2) is 8.42 Å². The summed E-state index contributed by atoms with van der Waals surface area (Å²) >= 11 is 12.4. The maximum Gasteiger partial charge on any atom is 0.244 e. The monoisotopic (exact) mass is 569 g/mol. The normalized spacial score (nSPS) is 14.7. The molecule has 0 heterocycles. The molecule has 0 radical (unpaired) electrons. The lowest BCUT2D eigenvalue weighted by atomic mass is 10.1. The molecule has 0 aromatic heterocycles. The molecule has 11 heteroatoms. The van der Waals surface area contributed by atoms with Gasteiger partial charge in [0.05, 0.1) is 18.6 Å². The molecule has 1 saturated carbocycles. The number of hydrogen-bond donors (Lipinski definition) is 1. The van der Waals surface area contributed by atoms with Gasteiger partial charge in [0.2, 0.25) is 21.8 Å². The molecule has 1 aliphatic carbocycles. The smallest absolute Gasteiger partial charge is 0.244 e. The third-order valence-corrected chi connectivity index (χ3v) is 8.07. The number of benzene rings is 2. The summed E-state index contributed by atoms with van der Waals surface area (Å²) in [5, 5.41) is 3.81. The predicted octanol–water partition coefficient (Wildman–Crippen LogP) is 4.63. The van der Waals surface area contributed by atoms with Crippen LogP contribution in [0.2, 0.25) is 10.0 Å². The van der Waals surface area contributed by atoms with Crippen LogP contribution in [0.25, 0.3) is 0 Å². The van der Waals surface area contributed by atoms with E-state index >= 15 is 0 Å². The van der Waals surface area contributed by atoms with Gasteiger partial charge in [0.1, 0.15) is 18.3 Å². The minimum atomic E-state index is -3.82. The van der Waals surface area contributed by atoms with E-state index < -0.39 is 28.5 Å². The van der Waals surface area contributed by atoms with Crippen molar-refractivity contribution < 1.29 is 22.7 Å². The van der Waals surface area contributed by atoms with E-state index in [0.717, 1.165) is 36.2 Å². The number of hydrogen-bond acceptors (Lipinski definition) is 5. The molecule has 0 aliphatic heterocycles. The molecule has 1 aliphatic rings. The third kappa shape index (κ3) is 7.99. The van der Waals surface area contributed by atoms with Crippen molar-refractivity contribution >= 4 is 50.7 Å². The minimum Gasteiger partial charge on any atom is -0.494 e. The van der Waals surface area contributed by atoms with E-state index in [4.69, 9.17) is 27.9 Å². The van der Waals surface area contributed by atoms with Crippen molar-refractivity contribution in [3.05, 3.63) is 58.1 Å². The number of halogens is 2. The molecule has 2 aromatic rings. The molecule has 1 N–H and O–H groups in total. The highest BCUT2D eigenvalue weighted by molar-refractivity contribution is 7.92. The molecule has 37 heavy (non-hydrogen) atoms. The highest BCUT2D eigenvalue weighted by atomic mass is 35.5. The Balaban J connectivity index is 1.89. The zero-order chi connectivity index (χ0) is 27.2. The fourth-order valence-electron chi connectivity index (χ4n) is 4.30. The molecule has 2 aromatic carbocycles. The molecule has 0 bridgehead atoms. The summed E-state index contributed by atoms with van der Waals surface area (Å²) in [6.45, 7) is 3.47. The van der Waals surface area contributed by atoms with Crippen LogP contribution in [-0.4, -0.2) is 56.6 Å². The van der Waals surface area contributed by atoms with E-state index in [1.165, 1.54) is 4.90 Å². The van der Waals surface area contributed by atoms with Gasteiger partial charge in [-0.1, -0.05) is 42.1 Å². The molecule has 2 amide bonds. The first-order valence-corrected chi connectivity index (χ1v) is 14.8. The van der Waals surface area contributed by atoms with Crippen LogP contribution in [0.4, 0.5) is 5.69 Å². The van der Waals surface area contributed by atoms with Crippen LogP contribution in [0.15, 0.2) is 42.5 Å². The minimum absolute atomic E-state index is 0.00890. The van der Waals surface area contributed by atoms with Crippen molar-refractivity contribution in [2.45, 2.75) is 58.2 Å². The highest BCUT2D eigenvalue weighted by Gasteiger charge is 2.31. The van der Waals surface area contributed by atoms with Crippen molar-refractivity contribution in [1.29, 1.82) is 0 Å². The Morgan fingerprint density at radius 1 is 1.11 bits per heavy atom. The summed E-state index contributed by atoms with van der Waals surface area (Å²) in [4.78, 5) is 28.1. The van der Waals surface area contributed by atoms with E-state index in [-0.39, 0.29) is 18.5 Å². The zero-order valence-corrected chi connectivity index (χ0v) is 23.6. The first-order chi connectivity index (χ1) is 17.5. The molecule has 1 fully saturated rings. The lowest BCUT2D eigenvalue weighted by molar-refractivity contribution is -0.139. The van der Waals surface area contributed by atoms with Crippen LogP contribution in [-0.2, 0) is 26.2 Å². The number of amides is 2. The Morgan fingerprint density at radius 2 is 1.76 bits per heavy atom. The first kappa shape index (κ1) is 29.1. The second-order valence-electron chi connectivity index (χ2n) is 9.12. The average Bonchev–Trinajstić information content (AvgIpc) is 3.34. The topological polar surface area (TPSA) is 96.0 Å². The molecular formula is C26H33Cl2N3O5S. The van der Waals surface area contributed by atoms with Crippen molar-refractivity contribution in [2.24, 2.45) is 0 Å². The van der Waals surface area contributed by atoms with Crippen molar-refractivity contribution in [1.82, 2.24) is 10.2 Å². The average molecular weight is 571 g/mol. The Bertz CT molecular complexity index is 1200. The lowest BCUT2D eigenvalue weighted by Crippen LogP contribution is -2.52. The Kier molecular flexibility index (Phi) is 10.1. The lowest BCUT2D eigenvalue weighted by Gasteiger charge is -2.32. The van der Waals surface area contributed by atoms with Crippen LogP contribution in [0, 0.1) is 0 Å². The number of carbonyl (C=O) groups excluding carboxylic acids is 2. The number of nitrogens with zero attached hydrogens (tertiary/aromatic N) is 2. The van der Waals surface area contributed by atoms with E-state index in [2.05, 4.69) is 5.32 Å². The molecule has 3 rings (SSSR count). The largest absolute Gasteiger partial charge is 0.494 e. The summed E-state index contributed by atoms with van der Waals surface area (Å²) in [6, 6.07) is 10.6. The summed E-state index contributed by atoms with van der Waals surface area (Å²) < 4.78 is 31.8. The highest BCUT2D eigenvalue weighted by Crippen LogP contribution is 2.26. The van der Waals surface area contributed by atoms with Gasteiger partial charge in [0, 0.05) is 22.6 Å². The van der Waals surface area contributed by atoms with Crippen LogP contribution >= 0.6 is 23.2 Å². The van der Waals surface area contributed by atoms with E-state index in [1.54, 1.807) is 49.4 Å². The van der Waals surface area contributed by atoms with Crippen LogP contribution < -0.4 is 14.4 Å². The number of carbonyl (C=O) groups is 2. The number of sulfonamides is 1. The second kappa shape index (κ2) is 12.8. The SMILES string of the molecule is CCOc1ccc(N(CC(=O)N(Cc2ccc(Cl)cc2Cl)[C@H](C)C(=O)NC2CCCC2)S(C)(=O)=O)cc1. The maximum absolute atomic E-state index is 13.7. The maximum atomic E-state index is 13.7. The Morgan fingerprint density at radius 3 is 2.32 bits per heavy atom. The Hall–Kier alpha value is -2.49. The number of anilines is 1. The van der Waals surface area contributed by atoms with Gasteiger partial charge in [-0.2, -0.15) is 0 Å². The van der Waals surface area contributed by atoms with Gasteiger partial charge in [-0.15, -0.1) is 0 Å². The standard InChI is InChI=1S/C26H33Cl2N3O5S/c1-4-36-23-13-11-22(12-14-23)31(37(3,34)35)17-25(32)30(16-19-9-10-20(27)15-24(19)28)18(2)26(33)29-21-7-5-6-8-21/h9-15,18,21H,4-8,16-17H2,1-3H3,(H,29,33)/t18-/m1/s1. The molecule has 0 unspecified atom stereocenters. The zero-order valence-electron chi connectivity index (χ0n) is 21.2. The van der Waals surface area contributed by atoms with Gasteiger partial charge in [-0.05, 0) is 68.7 Å².